The molecule has 1 heterocycles. The first kappa shape index (κ1) is 16.5. The van der Waals surface area contributed by atoms with Gasteiger partial charge in [0.05, 0.1) is 5.52 Å². The molecule has 22 heavy (non-hydrogen) atoms. The average Bonchev–Trinajstić information content (AvgIpc) is 2.54. The van der Waals surface area contributed by atoms with E-state index >= 15 is 0 Å². The average molecular weight is 301 g/mol. The Bertz CT molecular complexity index is 580. The third kappa shape index (κ3) is 4.56. The van der Waals surface area contributed by atoms with E-state index < -0.39 is 0 Å². The minimum absolute atomic E-state index is 0.322. The van der Waals surface area contributed by atoms with E-state index in [0.717, 1.165) is 42.8 Å². The van der Waals surface area contributed by atoms with Gasteiger partial charge in [-0.25, -0.2) is 4.98 Å². The largest absolute Gasteiger partial charge is 0.369 e. The summed E-state index contributed by atoms with van der Waals surface area (Å²) in [6.45, 7) is 8.82. The minimum atomic E-state index is 0.322. The summed E-state index contributed by atoms with van der Waals surface area (Å²) in [6, 6.07) is 7.95. The molecule has 5 heteroatoms. The van der Waals surface area contributed by atoms with Crippen LogP contribution < -0.4 is 11.1 Å². The molecule has 2 aromatic rings. The zero-order valence-corrected chi connectivity index (χ0v) is 13.7. The summed E-state index contributed by atoms with van der Waals surface area (Å²) in [4.78, 5) is 11.0. The highest BCUT2D eigenvalue weighted by Crippen LogP contribution is 2.20. The molecule has 0 atom stereocenters. The highest BCUT2D eigenvalue weighted by molar-refractivity contribution is 5.89. The quantitative estimate of drug-likeness (QED) is 0.697. The maximum Gasteiger partial charge on any atom is 0.222 e. The number of benzene rings is 1. The first-order valence-corrected chi connectivity index (χ1v) is 8.23. The van der Waals surface area contributed by atoms with Crippen molar-refractivity contribution in [2.24, 2.45) is 0 Å². The van der Waals surface area contributed by atoms with Crippen LogP contribution in [0.25, 0.3) is 10.9 Å². The van der Waals surface area contributed by atoms with Crippen LogP contribution in [0.2, 0.25) is 0 Å². The number of anilines is 2. The van der Waals surface area contributed by atoms with Crippen molar-refractivity contribution in [3.8, 4) is 0 Å². The summed E-state index contributed by atoms with van der Waals surface area (Å²) in [5.41, 5.74) is 6.66. The molecule has 0 saturated carbocycles. The maximum atomic E-state index is 5.77. The minimum Gasteiger partial charge on any atom is -0.369 e. The number of fused-ring (bicyclic) bond motifs is 1. The summed E-state index contributed by atoms with van der Waals surface area (Å²) < 4.78 is 0. The molecule has 1 aromatic carbocycles. The number of hydrogen-bond donors (Lipinski definition) is 2. The van der Waals surface area contributed by atoms with Crippen LogP contribution in [0.5, 0.6) is 0 Å². The predicted molar refractivity (Wildman–Crippen MR) is 94.1 cm³/mol. The van der Waals surface area contributed by atoms with E-state index in [1.165, 1.54) is 19.4 Å². The highest BCUT2D eigenvalue weighted by Gasteiger charge is 2.05. The molecule has 0 spiro atoms. The monoisotopic (exact) mass is 301 g/mol. The zero-order valence-electron chi connectivity index (χ0n) is 13.7. The van der Waals surface area contributed by atoms with Gasteiger partial charge in [0, 0.05) is 11.9 Å². The Morgan fingerprint density at radius 2 is 1.82 bits per heavy atom. The third-order valence-corrected chi connectivity index (χ3v) is 3.96. The Morgan fingerprint density at radius 1 is 1.05 bits per heavy atom. The molecule has 0 aliphatic heterocycles. The van der Waals surface area contributed by atoms with Crippen LogP contribution in [0.15, 0.2) is 24.3 Å². The molecule has 0 amide bonds. The lowest BCUT2D eigenvalue weighted by atomic mass is 10.2. The molecule has 0 unspecified atom stereocenters. The van der Waals surface area contributed by atoms with Crippen molar-refractivity contribution in [2.45, 2.75) is 33.1 Å². The number of aromatic nitrogens is 2. The Kier molecular flexibility index (Phi) is 6.40. The number of unbranched alkanes of at least 4 members (excludes halogenated alkanes) is 2. The van der Waals surface area contributed by atoms with Crippen molar-refractivity contribution >= 4 is 22.7 Å². The van der Waals surface area contributed by atoms with Crippen LogP contribution >= 0.6 is 0 Å². The summed E-state index contributed by atoms with van der Waals surface area (Å²) >= 11 is 0. The molecule has 2 rings (SSSR count). The van der Waals surface area contributed by atoms with Gasteiger partial charge in [0.25, 0.3) is 0 Å². The van der Waals surface area contributed by atoms with E-state index in [1.54, 1.807) is 0 Å². The molecule has 0 aliphatic carbocycles. The molecule has 0 radical (unpaired) electrons. The third-order valence-electron chi connectivity index (χ3n) is 3.96. The van der Waals surface area contributed by atoms with Crippen molar-refractivity contribution in [3.63, 3.8) is 0 Å². The van der Waals surface area contributed by atoms with Gasteiger partial charge < -0.3 is 16.0 Å². The van der Waals surface area contributed by atoms with Crippen molar-refractivity contribution in [3.05, 3.63) is 24.3 Å². The van der Waals surface area contributed by atoms with Crippen molar-refractivity contribution in [1.29, 1.82) is 0 Å². The molecule has 3 N–H and O–H groups in total. The SMILES string of the molecule is CCN(CC)CCCCCNc1nc(N)nc2ccccc12. The van der Waals surface area contributed by atoms with Crippen LogP contribution in [-0.2, 0) is 0 Å². The standard InChI is InChI=1S/C17H27N5/c1-3-22(4-2)13-9-5-8-12-19-16-14-10-6-7-11-15(14)20-17(18)21-16/h6-7,10-11H,3-5,8-9,12-13H2,1-2H3,(H3,18,19,20,21). The van der Waals surface area contributed by atoms with E-state index in [2.05, 4.69) is 34.0 Å². The fourth-order valence-electron chi connectivity index (χ4n) is 2.61. The van der Waals surface area contributed by atoms with E-state index in [1.807, 2.05) is 24.3 Å². The van der Waals surface area contributed by atoms with Gasteiger partial charge in [0.1, 0.15) is 5.82 Å². The van der Waals surface area contributed by atoms with Crippen LogP contribution in [0, 0.1) is 0 Å². The lowest BCUT2D eigenvalue weighted by molar-refractivity contribution is 0.296. The van der Waals surface area contributed by atoms with Crippen LogP contribution in [0.3, 0.4) is 0 Å². The van der Waals surface area contributed by atoms with Gasteiger partial charge in [0.15, 0.2) is 0 Å². The van der Waals surface area contributed by atoms with Gasteiger partial charge in [-0.05, 0) is 44.6 Å². The van der Waals surface area contributed by atoms with Crippen molar-refractivity contribution < 1.29 is 0 Å². The maximum absolute atomic E-state index is 5.77. The first-order chi connectivity index (χ1) is 10.7. The van der Waals surface area contributed by atoms with Gasteiger partial charge in [0.2, 0.25) is 5.95 Å². The second kappa shape index (κ2) is 8.54. The van der Waals surface area contributed by atoms with Gasteiger partial charge in [-0.1, -0.05) is 32.4 Å². The topological polar surface area (TPSA) is 67.1 Å². The Balaban J connectivity index is 1.80. The van der Waals surface area contributed by atoms with E-state index in [4.69, 9.17) is 5.73 Å². The molecule has 0 bridgehead atoms. The second-order valence-corrected chi connectivity index (χ2v) is 5.46. The lowest BCUT2D eigenvalue weighted by Gasteiger charge is -2.17. The number of rotatable bonds is 9. The number of para-hydroxylation sites is 1. The predicted octanol–water partition coefficient (Wildman–Crippen LogP) is 3.14. The lowest BCUT2D eigenvalue weighted by Crippen LogP contribution is -2.23. The van der Waals surface area contributed by atoms with Crippen molar-refractivity contribution in [2.75, 3.05) is 37.2 Å². The molecule has 0 fully saturated rings. The molecule has 5 nitrogen and oxygen atoms in total. The van der Waals surface area contributed by atoms with E-state index in [-0.39, 0.29) is 0 Å². The molecular weight excluding hydrogens is 274 g/mol. The number of nitrogens with two attached hydrogens (primary N) is 1. The smallest absolute Gasteiger partial charge is 0.222 e. The van der Waals surface area contributed by atoms with E-state index in [9.17, 15) is 0 Å². The Morgan fingerprint density at radius 3 is 2.59 bits per heavy atom. The molecule has 0 saturated heterocycles. The van der Waals surface area contributed by atoms with Crippen LogP contribution in [-0.4, -0.2) is 41.0 Å². The number of nitrogens with zero attached hydrogens (tertiary/aromatic N) is 3. The van der Waals surface area contributed by atoms with Crippen LogP contribution in [0.4, 0.5) is 11.8 Å². The zero-order chi connectivity index (χ0) is 15.8. The number of hydrogen-bond acceptors (Lipinski definition) is 5. The highest BCUT2D eigenvalue weighted by atomic mass is 15.1. The van der Waals surface area contributed by atoms with Gasteiger partial charge in [-0.2, -0.15) is 4.98 Å². The van der Waals surface area contributed by atoms with E-state index in [0.29, 0.717) is 5.95 Å². The van der Waals surface area contributed by atoms with Crippen LogP contribution in [0.1, 0.15) is 33.1 Å². The molecule has 120 valence electrons. The molecule has 0 aliphatic rings. The number of nitrogen functional groups attached to an aromatic ring is 1. The van der Waals surface area contributed by atoms with Gasteiger partial charge in [-0.15, -0.1) is 0 Å². The summed E-state index contributed by atoms with van der Waals surface area (Å²) in [7, 11) is 0. The summed E-state index contributed by atoms with van der Waals surface area (Å²) in [5, 5.41) is 4.43. The first-order valence-electron chi connectivity index (χ1n) is 8.23. The summed E-state index contributed by atoms with van der Waals surface area (Å²) in [5.74, 6) is 1.16. The molecular formula is C17H27N5. The van der Waals surface area contributed by atoms with Crippen molar-refractivity contribution in [1.82, 2.24) is 14.9 Å². The Hall–Kier alpha value is -1.88. The van der Waals surface area contributed by atoms with Gasteiger partial charge >= 0.3 is 0 Å². The fraction of sp³-hybridized carbons (Fsp3) is 0.529. The fourth-order valence-corrected chi connectivity index (χ4v) is 2.61. The normalized spacial score (nSPS) is 11.2. The summed E-state index contributed by atoms with van der Waals surface area (Å²) in [6.07, 6.45) is 3.61. The number of nitrogens with one attached hydrogen (secondary N) is 1. The Labute approximate surface area is 132 Å². The molecule has 1 aromatic heterocycles. The second-order valence-electron chi connectivity index (χ2n) is 5.46. The van der Waals surface area contributed by atoms with Gasteiger partial charge in [-0.3, -0.25) is 0 Å².